The van der Waals surface area contributed by atoms with E-state index in [2.05, 4.69) is 25.0 Å². The molecule has 0 fully saturated rings. The summed E-state index contributed by atoms with van der Waals surface area (Å²) >= 11 is 1.51. The predicted molar refractivity (Wildman–Crippen MR) is 58.1 cm³/mol. The molecule has 6 heteroatoms. The third-order valence-corrected chi connectivity index (χ3v) is 2.85. The van der Waals surface area contributed by atoms with E-state index in [4.69, 9.17) is 0 Å². The fourth-order valence-electron chi connectivity index (χ4n) is 1.40. The first kappa shape index (κ1) is 9.51. The van der Waals surface area contributed by atoms with E-state index in [1.165, 1.54) is 11.8 Å². The van der Waals surface area contributed by atoms with Gasteiger partial charge in [0.2, 0.25) is 5.16 Å². The third-order valence-electron chi connectivity index (χ3n) is 2.31. The molecule has 0 amide bonds. The minimum atomic E-state index is 0.728. The van der Waals surface area contributed by atoms with Crippen LogP contribution in [0.15, 0.2) is 5.16 Å². The van der Waals surface area contributed by atoms with Crippen molar-refractivity contribution in [3.63, 3.8) is 0 Å². The summed E-state index contributed by atoms with van der Waals surface area (Å²) in [6.07, 6.45) is 1.95. The SMILES string of the molecule is CSc1nnc2c(n1)N(C)CCN2C. The lowest BCUT2D eigenvalue weighted by Crippen LogP contribution is -2.38. The molecule has 1 aliphatic rings. The highest BCUT2D eigenvalue weighted by atomic mass is 32.2. The van der Waals surface area contributed by atoms with Gasteiger partial charge >= 0.3 is 0 Å². The van der Waals surface area contributed by atoms with Crippen molar-refractivity contribution in [3.8, 4) is 0 Å². The van der Waals surface area contributed by atoms with Crippen molar-refractivity contribution in [3.05, 3.63) is 0 Å². The molecule has 1 aliphatic heterocycles. The van der Waals surface area contributed by atoms with E-state index in [-0.39, 0.29) is 0 Å². The van der Waals surface area contributed by atoms with Crippen molar-refractivity contribution < 1.29 is 0 Å². The highest BCUT2D eigenvalue weighted by molar-refractivity contribution is 7.98. The van der Waals surface area contributed by atoms with Crippen LogP contribution in [-0.2, 0) is 0 Å². The summed E-state index contributed by atoms with van der Waals surface area (Å²) in [6.45, 7) is 1.95. The first-order valence-corrected chi connectivity index (χ1v) is 5.66. The molecule has 2 rings (SSSR count). The summed E-state index contributed by atoms with van der Waals surface area (Å²) < 4.78 is 0. The summed E-state index contributed by atoms with van der Waals surface area (Å²) in [7, 11) is 4.05. The molecule has 1 aromatic heterocycles. The Labute approximate surface area is 87.5 Å². The smallest absolute Gasteiger partial charge is 0.210 e. The number of likely N-dealkylation sites (N-methyl/N-ethyl adjacent to an activating group) is 2. The van der Waals surface area contributed by atoms with E-state index in [0.717, 1.165) is 29.9 Å². The second kappa shape index (κ2) is 3.61. The van der Waals surface area contributed by atoms with Gasteiger partial charge in [-0.25, -0.2) is 0 Å². The first-order valence-electron chi connectivity index (χ1n) is 4.43. The molecular formula is C8H13N5S. The van der Waals surface area contributed by atoms with Crippen molar-refractivity contribution in [2.45, 2.75) is 5.16 Å². The van der Waals surface area contributed by atoms with Crippen LogP contribution in [0.2, 0.25) is 0 Å². The normalized spacial score (nSPS) is 15.6. The summed E-state index contributed by atoms with van der Waals surface area (Å²) in [5.74, 6) is 1.80. The van der Waals surface area contributed by atoms with Crippen LogP contribution in [0.4, 0.5) is 11.6 Å². The highest BCUT2D eigenvalue weighted by Gasteiger charge is 2.21. The Balaban J connectivity index is 2.45. The number of hydrogen-bond acceptors (Lipinski definition) is 6. The zero-order valence-corrected chi connectivity index (χ0v) is 9.38. The van der Waals surface area contributed by atoms with Crippen LogP contribution < -0.4 is 9.80 Å². The molecule has 0 aromatic carbocycles. The molecule has 5 nitrogen and oxygen atoms in total. The van der Waals surface area contributed by atoms with Crippen LogP contribution in [0.3, 0.4) is 0 Å². The molecule has 0 spiro atoms. The maximum Gasteiger partial charge on any atom is 0.210 e. The van der Waals surface area contributed by atoms with E-state index in [1.54, 1.807) is 0 Å². The van der Waals surface area contributed by atoms with E-state index in [0.29, 0.717) is 0 Å². The van der Waals surface area contributed by atoms with Gasteiger partial charge in [0.05, 0.1) is 0 Å². The Kier molecular flexibility index (Phi) is 2.45. The Morgan fingerprint density at radius 3 is 2.36 bits per heavy atom. The van der Waals surface area contributed by atoms with Gasteiger partial charge in [-0.1, -0.05) is 11.8 Å². The van der Waals surface area contributed by atoms with Gasteiger partial charge in [-0.15, -0.1) is 10.2 Å². The molecule has 0 saturated carbocycles. The molecule has 0 aliphatic carbocycles. The summed E-state index contributed by atoms with van der Waals surface area (Å²) in [5, 5.41) is 8.93. The quantitative estimate of drug-likeness (QED) is 0.630. The Bertz CT molecular complexity index is 343. The number of aromatic nitrogens is 3. The zero-order valence-electron chi connectivity index (χ0n) is 8.56. The van der Waals surface area contributed by atoms with Crippen LogP contribution in [-0.4, -0.2) is 48.6 Å². The number of anilines is 2. The van der Waals surface area contributed by atoms with E-state index < -0.39 is 0 Å². The average Bonchev–Trinajstić information content (AvgIpc) is 2.23. The summed E-state index contributed by atoms with van der Waals surface area (Å²) in [5.41, 5.74) is 0. The standard InChI is InChI=1S/C8H13N5S/c1-12-4-5-13(2)7-6(12)9-8(14-3)11-10-7/h4-5H2,1-3H3. The molecule has 0 unspecified atom stereocenters. The van der Waals surface area contributed by atoms with Gasteiger partial charge in [-0.3, -0.25) is 0 Å². The fraction of sp³-hybridized carbons (Fsp3) is 0.625. The maximum absolute atomic E-state index is 4.44. The molecule has 0 radical (unpaired) electrons. The number of rotatable bonds is 1. The van der Waals surface area contributed by atoms with Crippen molar-refractivity contribution >= 4 is 23.4 Å². The monoisotopic (exact) mass is 211 g/mol. The van der Waals surface area contributed by atoms with Crippen LogP contribution in [0.5, 0.6) is 0 Å². The molecule has 14 heavy (non-hydrogen) atoms. The summed E-state index contributed by atoms with van der Waals surface area (Å²) in [4.78, 5) is 8.63. The number of thioether (sulfide) groups is 1. The number of hydrogen-bond donors (Lipinski definition) is 0. The zero-order chi connectivity index (χ0) is 10.1. The van der Waals surface area contributed by atoms with Crippen molar-refractivity contribution in [1.82, 2.24) is 15.2 Å². The highest BCUT2D eigenvalue weighted by Crippen LogP contribution is 2.27. The van der Waals surface area contributed by atoms with Gasteiger partial charge in [0, 0.05) is 27.2 Å². The van der Waals surface area contributed by atoms with Crippen LogP contribution in [0.1, 0.15) is 0 Å². The van der Waals surface area contributed by atoms with Crippen molar-refractivity contribution in [2.24, 2.45) is 0 Å². The summed E-state index contributed by atoms with van der Waals surface area (Å²) in [6, 6.07) is 0. The Morgan fingerprint density at radius 2 is 1.71 bits per heavy atom. The number of nitrogens with zero attached hydrogens (tertiary/aromatic N) is 5. The molecule has 1 aromatic rings. The lowest BCUT2D eigenvalue weighted by Gasteiger charge is -2.31. The van der Waals surface area contributed by atoms with Crippen molar-refractivity contribution in [1.29, 1.82) is 0 Å². The minimum absolute atomic E-state index is 0.728. The predicted octanol–water partition coefficient (Wildman–Crippen LogP) is 0.480. The van der Waals surface area contributed by atoms with Gasteiger partial charge in [0.1, 0.15) is 0 Å². The largest absolute Gasteiger partial charge is 0.355 e. The lowest BCUT2D eigenvalue weighted by atomic mass is 10.3. The third kappa shape index (κ3) is 1.50. The molecule has 0 N–H and O–H groups in total. The fourth-order valence-corrected chi connectivity index (χ4v) is 1.70. The second-order valence-electron chi connectivity index (χ2n) is 3.29. The molecule has 0 bridgehead atoms. The Morgan fingerprint density at radius 1 is 1.07 bits per heavy atom. The second-order valence-corrected chi connectivity index (χ2v) is 4.06. The maximum atomic E-state index is 4.44. The van der Waals surface area contributed by atoms with E-state index in [9.17, 15) is 0 Å². The minimum Gasteiger partial charge on any atom is -0.355 e. The van der Waals surface area contributed by atoms with Gasteiger partial charge < -0.3 is 9.80 Å². The van der Waals surface area contributed by atoms with E-state index >= 15 is 0 Å². The Hall–Kier alpha value is -1.04. The number of fused-ring (bicyclic) bond motifs is 1. The van der Waals surface area contributed by atoms with Crippen LogP contribution in [0.25, 0.3) is 0 Å². The van der Waals surface area contributed by atoms with Gasteiger partial charge in [-0.05, 0) is 6.26 Å². The van der Waals surface area contributed by atoms with Crippen molar-refractivity contribution in [2.75, 3.05) is 43.2 Å². The molecule has 2 heterocycles. The van der Waals surface area contributed by atoms with Crippen LogP contribution >= 0.6 is 11.8 Å². The van der Waals surface area contributed by atoms with Gasteiger partial charge in [0.25, 0.3) is 0 Å². The van der Waals surface area contributed by atoms with Gasteiger partial charge in [0.15, 0.2) is 11.6 Å². The molecular weight excluding hydrogens is 198 g/mol. The van der Waals surface area contributed by atoms with Crippen LogP contribution in [0, 0.1) is 0 Å². The van der Waals surface area contributed by atoms with Gasteiger partial charge in [-0.2, -0.15) is 4.98 Å². The topological polar surface area (TPSA) is 45.2 Å². The molecule has 76 valence electrons. The molecule has 0 atom stereocenters. The first-order chi connectivity index (χ1) is 6.72. The molecule has 0 saturated heterocycles. The lowest BCUT2D eigenvalue weighted by molar-refractivity contribution is 0.716. The average molecular weight is 211 g/mol. The van der Waals surface area contributed by atoms with E-state index in [1.807, 2.05) is 20.4 Å².